The van der Waals surface area contributed by atoms with Crippen LogP contribution in [0.15, 0.2) is 30.3 Å². The Morgan fingerprint density at radius 3 is 2.67 bits per heavy atom. The van der Waals surface area contributed by atoms with Crippen LogP contribution in [0.3, 0.4) is 0 Å². The number of alkyl halides is 3. The zero-order valence-corrected chi connectivity index (χ0v) is 10.9. The predicted octanol–water partition coefficient (Wildman–Crippen LogP) is 3.69. The summed E-state index contributed by atoms with van der Waals surface area (Å²) in [5.41, 5.74) is -0.146. The van der Waals surface area contributed by atoms with Crippen LogP contribution in [0.25, 0.3) is 10.8 Å². The van der Waals surface area contributed by atoms with Crippen molar-refractivity contribution in [1.29, 1.82) is 0 Å². The summed E-state index contributed by atoms with van der Waals surface area (Å²) in [5, 5.41) is 13.1. The summed E-state index contributed by atoms with van der Waals surface area (Å²) in [6.07, 6.45) is -5.19. The van der Waals surface area contributed by atoms with Crippen LogP contribution in [0.5, 0.6) is 0 Å². The number of carboxylic acid groups (broad SMARTS) is 1. The summed E-state index contributed by atoms with van der Waals surface area (Å²) < 4.78 is 36.2. The maximum Gasteiger partial charge on any atom is 0.389 e. The number of rotatable bonds is 5. The summed E-state index contributed by atoms with van der Waals surface area (Å²) >= 11 is 0. The number of aromatic nitrogens is 1. The highest BCUT2D eigenvalue weighted by atomic mass is 19.4. The van der Waals surface area contributed by atoms with Gasteiger partial charge in [-0.2, -0.15) is 13.2 Å². The fourth-order valence-corrected chi connectivity index (χ4v) is 1.94. The Morgan fingerprint density at radius 1 is 1.29 bits per heavy atom. The van der Waals surface area contributed by atoms with Crippen LogP contribution in [-0.4, -0.2) is 28.8 Å². The third-order valence-corrected chi connectivity index (χ3v) is 2.89. The standard InChI is InChI=1S/C14H13F3N2O2/c15-14(16,17)6-3-7-18-12-10-5-2-1-4-9(10)8-11(19-12)13(20)21/h1-2,4-5,8H,3,6-7H2,(H,18,19)(H,20,21). The molecule has 0 aliphatic rings. The molecule has 1 aromatic heterocycles. The van der Waals surface area contributed by atoms with E-state index in [2.05, 4.69) is 10.3 Å². The first-order valence-electron chi connectivity index (χ1n) is 6.30. The number of nitrogens with zero attached hydrogens (tertiary/aromatic N) is 1. The lowest BCUT2D eigenvalue weighted by Crippen LogP contribution is -2.12. The average Bonchev–Trinajstić information content (AvgIpc) is 2.42. The number of pyridine rings is 1. The van der Waals surface area contributed by atoms with E-state index in [1.165, 1.54) is 6.07 Å². The van der Waals surface area contributed by atoms with Crippen LogP contribution in [0.2, 0.25) is 0 Å². The Labute approximate surface area is 118 Å². The SMILES string of the molecule is O=C(O)c1cc2ccccc2c(NCCCC(F)(F)F)n1. The first kappa shape index (κ1) is 15.1. The van der Waals surface area contributed by atoms with Gasteiger partial charge in [-0.15, -0.1) is 0 Å². The molecule has 0 saturated carbocycles. The molecule has 1 aromatic carbocycles. The van der Waals surface area contributed by atoms with E-state index >= 15 is 0 Å². The fourth-order valence-electron chi connectivity index (χ4n) is 1.94. The van der Waals surface area contributed by atoms with Gasteiger partial charge in [0.1, 0.15) is 5.82 Å². The van der Waals surface area contributed by atoms with E-state index < -0.39 is 18.6 Å². The minimum atomic E-state index is -4.19. The van der Waals surface area contributed by atoms with Crippen LogP contribution in [0, 0.1) is 0 Å². The van der Waals surface area contributed by atoms with Gasteiger partial charge in [-0.1, -0.05) is 24.3 Å². The highest BCUT2D eigenvalue weighted by Crippen LogP contribution is 2.24. The number of carboxylic acids is 1. The van der Waals surface area contributed by atoms with E-state index in [9.17, 15) is 18.0 Å². The fraction of sp³-hybridized carbons (Fsp3) is 0.286. The Kier molecular flexibility index (Phi) is 4.30. The highest BCUT2D eigenvalue weighted by molar-refractivity contribution is 5.97. The van der Waals surface area contributed by atoms with Gasteiger partial charge in [-0.3, -0.25) is 0 Å². The number of aromatic carboxylic acids is 1. The predicted molar refractivity (Wildman–Crippen MR) is 72.5 cm³/mol. The van der Waals surface area contributed by atoms with Crippen LogP contribution < -0.4 is 5.32 Å². The highest BCUT2D eigenvalue weighted by Gasteiger charge is 2.25. The second-order valence-electron chi connectivity index (χ2n) is 4.53. The topological polar surface area (TPSA) is 62.2 Å². The van der Waals surface area contributed by atoms with Crippen molar-refractivity contribution in [3.8, 4) is 0 Å². The van der Waals surface area contributed by atoms with Crippen molar-refractivity contribution >= 4 is 22.6 Å². The molecule has 0 amide bonds. The van der Waals surface area contributed by atoms with E-state index in [0.29, 0.717) is 10.8 Å². The average molecular weight is 298 g/mol. The maximum absolute atomic E-state index is 12.1. The minimum absolute atomic E-state index is 0.0690. The number of fused-ring (bicyclic) bond motifs is 1. The van der Waals surface area contributed by atoms with Gasteiger partial charge in [-0.25, -0.2) is 9.78 Å². The Hall–Kier alpha value is -2.31. The number of hydrogen-bond acceptors (Lipinski definition) is 3. The lowest BCUT2D eigenvalue weighted by Gasteiger charge is -2.11. The molecular weight excluding hydrogens is 285 g/mol. The molecule has 0 aliphatic carbocycles. The lowest BCUT2D eigenvalue weighted by atomic mass is 10.1. The molecule has 4 nitrogen and oxygen atoms in total. The van der Waals surface area contributed by atoms with Gasteiger partial charge in [0.2, 0.25) is 0 Å². The number of carbonyl (C=O) groups is 1. The molecule has 2 N–H and O–H groups in total. The van der Waals surface area contributed by atoms with Crippen molar-refractivity contribution in [2.24, 2.45) is 0 Å². The second-order valence-corrected chi connectivity index (χ2v) is 4.53. The van der Waals surface area contributed by atoms with Gasteiger partial charge in [-0.05, 0) is 17.9 Å². The molecule has 2 aromatic rings. The summed E-state index contributed by atoms with van der Waals surface area (Å²) in [6, 6.07) is 8.40. The van der Waals surface area contributed by atoms with Crippen molar-refractivity contribution in [3.63, 3.8) is 0 Å². The number of nitrogens with one attached hydrogen (secondary N) is 1. The van der Waals surface area contributed by atoms with Crippen LogP contribution in [-0.2, 0) is 0 Å². The number of hydrogen-bond donors (Lipinski definition) is 2. The quantitative estimate of drug-likeness (QED) is 0.826. The molecule has 0 atom stereocenters. The summed E-state index contributed by atoms with van der Waals surface area (Å²) in [4.78, 5) is 15.0. The molecule has 21 heavy (non-hydrogen) atoms. The van der Waals surface area contributed by atoms with E-state index in [-0.39, 0.29) is 24.5 Å². The van der Waals surface area contributed by atoms with E-state index in [1.807, 2.05) is 0 Å². The molecule has 0 aliphatic heterocycles. The third kappa shape index (κ3) is 4.08. The largest absolute Gasteiger partial charge is 0.477 e. The Morgan fingerprint density at radius 2 is 2.00 bits per heavy atom. The number of benzene rings is 1. The van der Waals surface area contributed by atoms with Crippen LogP contribution in [0.1, 0.15) is 23.3 Å². The van der Waals surface area contributed by atoms with Crippen LogP contribution in [0.4, 0.5) is 19.0 Å². The number of anilines is 1. The van der Waals surface area contributed by atoms with Gasteiger partial charge >= 0.3 is 12.1 Å². The van der Waals surface area contributed by atoms with Gasteiger partial charge < -0.3 is 10.4 Å². The van der Waals surface area contributed by atoms with Crippen molar-refractivity contribution in [3.05, 3.63) is 36.0 Å². The smallest absolute Gasteiger partial charge is 0.389 e. The van der Waals surface area contributed by atoms with E-state index in [0.717, 1.165) is 0 Å². The monoisotopic (exact) mass is 298 g/mol. The molecule has 0 fully saturated rings. The van der Waals surface area contributed by atoms with Crippen molar-refractivity contribution in [1.82, 2.24) is 4.98 Å². The molecule has 0 saturated heterocycles. The molecule has 0 unspecified atom stereocenters. The molecule has 1 heterocycles. The van der Waals surface area contributed by atoms with Gasteiger partial charge in [0.05, 0.1) is 0 Å². The molecular formula is C14H13F3N2O2. The molecule has 2 rings (SSSR count). The van der Waals surface area contributed by atoms with Crippen molar-refractivity contribution in [2.75, 3.05) is 11.9 Å². The summed E-state index contributed by atoms with van der Waals surface area (Å²) in [7, 11) is 0. The first-order chi connectivity index (χ1) is 9.87. The molecule has 0 bridgehead atoms. The zero-order valence-electron chi connectivity index (χ0n) is 10.9. The maximum atomic E-state index is 12.1. The zero-order chi connectivity index (χ0) is 15.5. The molecule has 0 radical (unpaired) electrons. The van der Waals surface area contributed by atoms with Crippen molar-refractivity contribution in [2.45, 2.75) is 19.0 Å². The van der Waals surface area contributed by atoms with E-state index in [4.69, 9.17) is 5.11 Å². The van der Waals surface area contributed by atoms with Crippen molar-refractivity contribution < 1.29 is 23.1 Å². The Bertz CT molecular complexity index is 656. The van der Waals surface area contributed by atoms with E-state index in [1.54, 1.807) is 24.3 Å². The lowest BCUT2D eigenvalue weighted by molar-refractivity contribution is -0.134. The molecule has 112 valence electrons. The second kappa shape index (κ2) is 5.99. The van der Waals surface area contributed by atoms with Gasteiger partial charge in [0.25, 0.3) is 0 Å². The summed E-state index contributed by atoms with van der Waals surface area (Å²) in [5.74, 6) is -0.897. The van der Waals surface area contributed by atoms with Gasteiger partial charge in [0.15, 0.2) is 5.69 Å². The minimum Gasteiger partial charge on any atom is -0.477 e. The normalized spacial score (nSPS) is 11.6. The molecule has 0 spiro atoms. The molecule has 7 heteroatoms. The number of halogens is 3. The van der Waals surface area contributed by atoms with Gasteiger partial charge in [0, 0.05) is 18.4 Å². The first-order valence-corrected chi connectivity index (χ1v) is 6.30. The third-order valence-electron chi connectivity index (χ3n) is 2.89. The van der Waals surface area contributed by atoms with Crippen LogP contribution >= 0.6 is 0 Å². The summed E-state index contributed by atoms with van der Waals surface area (Å²) in [6.45, 7) is 0.0690. The Balaban J connectivity index is 2.19.